The normalized spacial score (nSPS) is 11.5. The Kier molecular flexibility index (Phi) is 8.65. The molecule has 0 heterocycles. The van der Waals surface area contributed by atoms with Gasteiger partial charge in [0.15, 0.2) is 0 Å². The van der Waals surface area contributed by atoms with Gasteiger partial charge in [-0.15, -0.1) is 12.4 Å². The van der Waals surface area contributed by atoms with Crippen molar-refractivity contribution in [1.82, 2.24) is 5.32 Å². The molecule has 0 amide bonds. The van der Waals surface area contributed by atoms with Crippen molar-refractivity contribution in [3.63, 3.8) is 0 Å². The molecular weight excluding hydrogens is 445 g/mol. The van der Waals surface area contributed by atoms with E-state index in [0.717, 1.165) is 32.9 Å². The predicted molar refractivity (Wildman–Crippen MR) is 119 cm³/mol. The highest BCUT2D eigenvalue weighted by molar-refractivity contribution is 9.10. The van der Waals surface area contributed by atoms with Gasteiger partial charge in [-0.2, -0.15) is 0 Å². The van der Waals surface area contributed by atoms with Crippen molar-refractivity contribution >= 4 is 39.9 Å². The summed E-state index contributed by atoms with van der Waals surface area (Å²) in [5, 5.41) is 4.30. The van der Waals surface area contributed by atoms with Crippen LogP contribution in [0.4, 0.5) is 0 Å². The standard InChI is InChI=1S/C22H21BrClNO.ClH/c1-16(18-5-3-2-4-6-18)25-14-19-13-20(23)9-12-22(19)26-15-17-7-10-21(24)11-8-17;/h2-13,16,25H,14-15H2,1H3;1H. The van der Waals surface area contributed by atoms with E-state index in [4.69, 9.17) is 16.3 Å². The van der Waals surface area contributed by atoms with Gasteiger partial charge >= 0.3 is 0 Å². The summed E-state index contributed by atoms with van der Waals surface area (Å²) in [6, 6.07) is 24.5. The smallest absolute Gasteiger partial charge is 0.124 e. The molecule has 0 bridgehead atoms. The number of rotatable bonds is 7. The van der Waals surface area contributed by atoms with Crippen LogP contribution in [0.2, 0.25) is 5.02 Å². The van der Waals surface area contributed by atoms with Crippen LogP contribution in [0.1, 0.15) is 29.7 Å². The Balaban J connectivity index is 0.00000261. The largest absolute Gasteiger partial charge is 0.489 e. The number of ether oxygens (including phenoxy) is 1. The maximum atomic E-state index is 6.05. The summed E-state index contributed by atoms with van der Waals surface area (Å²) < 4.78 is 7.09. The first-order valence-corrected chi connectivity index (χ1v) is 9.73. The highest BCUT2D eigenvalue weighted by Gasteiger charge is 2.09. The van der Waals surface area contributed by atoms with Crippen molar-refractivity contribution in [2.75, 3.05) is 0 Å². The first kappa shape index (κ1) is 21.8. The fourth-order valence-electron chi connectivity index (χ4n) is 2.69. The van der Waals surface area contributed by atoms with E-state index in [1.165, 1.54) is 5.56 Å². The quantitative estimate of drug-likeness (QED) is 0.406. The maximum Gasteiger partial charge on any atom is 0.124 e. The molecule has 5 heteroatoms. The first-order valence-electron chi connectivity index (χ1n) is 8.56. The molecule has 142 valence electrons. The lowest BCUT2D eigenvalue weighted by Gasteiger charge is -2.17. The third kappa shape index (κ3) is 6.54. The molecule has 0 saturated carbocycles. The van der Waals surface area contributed by atoms with Crippen molar-refractivity contribution in [1.29, 1.82) is 0 Å². The second kappa shape index (κ2) is 10.7. The minimum atomic E-state index is 0. The molecule has 0 radical (unpaired) electrons. The van der Waals surface area contributed by atoms with E-state index >= 15 is 0 Å². The molecule has 1 unspecified atom stereocenters. The highest BCUT2D eigenvalue weighted by Crippen LogP contribution is 2.25. The number of halogens is 3. The Morgan fingerprint density at radius 1 is 1.00 bits per heavy atom. The van der Waals surface area contributed by atoms with E-state index in [1.54, 1.807) is 0 Å². The molecule has 3 rings (SSSR count). The van der Waals surface area contributed by atoms with E-state index in [-0.39, 0.29) is 18.4 Å². The third-order valence-electron chi connectivity index (χ3n) is 4.23. The fourth-order valence-corrected chi connectivity index (χ4v) is 3.23. The molecule has 27 heavy (non-hydrogen) atoms. The molecule has 1 atom stereocenters. The van der Waals surface area contributed by atoms with E-state index in [9.17, 15) is 0 Å². The summed E-state index contributed by atoms with van der Waals surface area (Å²) in [5.74, 6) is 0.885. The molecule has 1 N–H and O–H groups in total. The highest BCUT2D eigenvalue weighted by atomic mass is 79.9. The summed E-state index contributed by atoms with van der Waals surface area (Å²) in [6.07, 6.45) is 0. The van der Waals surface area contributed by atoms with Crippen LogP contribution in [0.5, 0.6) is 5.75 Å². The van der Waals surface area contributed by atoms with Gasteiger partial charge in [0, 0.05) is 27.6 Å². The first-order chi connectivity index (χ1) is 12.6. The van der Waals surface area contributed by atoms with Crippen molar-refractivity contribution in [2.24, 2.45) is 0 Å². The van der Waals surface area contributed by atoms with Crippen LogP contribution in [0.3, 0.4) is 0 Å². The van der Waals surface area contributed by atoms with E-state index in [0.29, 0.717) is 6.61 Å². The maximum absolute atomic E-state index is 6.05. The lowest BCUT2D eigenvalue weighted by molar-refractivity contribution is 0.301. The van der Waals surface area contributed by atoms with Crippen molar-refractivity contribution in [3.8, 4) is 5.75 Å². The van der Waals surface area contributed by atoms with Crippen molar-refractivity contribution in [3.05, 3.63) is 99.0 Å². The molecule has 2 nitrogen and oxygen atoms in total. The van der Waals surface area contributed by atoms with Gasteiger partial charge < -0.3 is 10.1 Å². The Morgan fingerprint density at radius 3 is 2.41 bits per heavy atom. The third-order valence-corrected chi connectivity index (χ3v) is 4.97. The number of hydrogen-bond donors (Lipinski definition) is 1. The zero-order valence-electron chi connectivity index (χ0n) is 15.0. The van der Waals surface area contributed by atoms with Gasteiger partial charge in [0.05, 0.1) is 0 Å². The van der Waals surface area contributed by atoms with E-state index < -0.39 is 0 Å². The van der Waals surface area contributed by atoms with Gasteiger partial charge in [0.1, 0.15) is 12.4 Å². The molecule has 0 aliphatic carbocycles. The van der Waals surface area contributed by atoms with Gasteiger partial charge in [-0.05, 0) is 48.4 Å². The number of hydrogen-bond acceptors (Lipinski definition) is 2. The predicted octanol–water partition coefficient (Wildman–Crippen LogP) is 6.95. The monoisotopic (exact) mass is 465 g/mol. The van der Waals surface area contributed by atoms with Gasteiger partial charge in [0.2, 0.25) is 0 Å². The molecule has 0 spiro atoms. The average molecular weight is 467 g/mol. The van der Waals surface area contributed by atoms with E-state index in [1.807, 2.05) is 42.5 Å². The molecule has 3 aromatic rings. The van der Waals surface area contributed by atoms with Gasteiger partial charge in [-0.1, -0.05) is 70.0 Å². The fraction of sp³-hybridized carbons (Fsp3) is 0.182. The topological polar surface area (TPSA) is 21.3 Å². The van der Waals surface area contributed by atoms with E-state index in [2.05, 4.69) is 58.5 Å². The Hall–Kier alpha value is -1.52. The molecule has 0 aliphatic heterocycles. The second-order valence-corrected chi connectivity index (χ2v) is 7.53. The van der Waals surface area contributed by atoms with Gasteiger partial charge in [-0.3, -0.25) is 0 Å². The molecule has 0 aromatic heterocycles. The van der Waals surface area contributed by atoms with Crippen LogP contribution in [-0.4, -0.2) is 0 Å². The number of nitrogens with one attached hydrogen (secondary N) is 1. The number of benzene rings is 3. The van der Waals surface area contributed by atoms with Crippen LogP contribution < -0.4 is 10.1 Å². The molecule has 0 fully saturated rings. The zero-order valence-corrected chi connectivity index (χ0v) is 18.2. The lowest BCUT2D eigenvalue weighted by Crippen LogP contribution is -2.18. The van der Waals surface area contributed by atoms with Crippen LogP contribution in [0.25, 0.3) is 0 Å². The molecular formula is C22H22BrCl2NO. The molecule has 0 saturated heterocycles. The van der Waals surface area contributed by atoms with Crippen LogP contribution >= 0.6 is 39.9 Å². The summed E-state index contributed by atoms with van der Waals surface area (Å²) in [7, 11) is 0. The summed E-state index contributed by atoms with van der Waals surface area (Å²) in [6.45, 7) is 3.41. The van der Waals surface area contributed by atoms with Crippen LogP contribution in [-0.2, 0) is 13.2 Å². The van der Waals surface area contributed by atoms with Crippen molar-refractivity contribution in [2.45, 2.75) is 26.1 Å². The average Bonchev–Trinajstić information content (AvgIpc) is 2.67. The minimum Gasteiger partial charge on any atom is -0.489 e. The second-order valence-electron chi connectivity index (χ2n) is 6.18. The van der Waals surface area contributed by atoms with Gasteiger partial charge in [0.25, 0.3) is 0 Å². The Labute approximate surface area is 180 Å². The summed E-state index contributed by atoms with van der Waals surface area (Å²) in [4.78, 5) is 0. The minimum absolute atomic E-state index is 0. The Bertz CT molecular complexity index is 841. The molecule has 3 aromatic carbocycles. The van der Waals surface area contributed by atoms with Gasteiger partial charge in [-0.25, -0.2) is 0 Å². The lowest BCUT2D eigenvalue weighted by atomic mass is 10.1. The van der Waals surface area contributed by atoms with Crippen LogP contribution in [0, 0.1) is 0 Å². The summed E-state index contributed by atoms with van der Waals surface area (Å²) in [5.41, 5.74) is 3.48. The molecule has 0 aliphatic rings. The Morgan fingerprint density at radius 2 is 1.70 bits per heavy atom. The summed E-state index contributed by atoms with van der Waals surface area (Å²) >= 11 is 9.49. The van der Waals surface area contributed by atoms with Crippen molar-refractivity contribution < 1.29 is 4.74 Å². The zero-order chi connectivity index (χ0) is 18.4. The van der Waals surface area contributed by atoms with Crippen LogP contribution in [0.15, 0.2) is 77.3 Å². The SMILES string of the molecule is CC(NCc1cc(Br)ccc1OCc1ccc(Cl)cc1)c1ccccc1.Cl.